The first-order valence-corrected chi connectivity index (χ1v) is 27.2. The van der Waals surface area contributed by atoms with Crippen molar-refractivity contribution in [2.45, 2.75) is 235 Å². The van der Waals surface area contributed by atoms with Crippen LogP contribution in [0, 0.1) is 86.3 Å². The molecule has 7 aliphatic carbocycles. The van der Waals surface area contributed by atoms with Gasteiger partial charge < -0.3 is 19.7 Å². The van der Waals surface area contributed by atoms with Crippen LogP contribution in [0.15, 0.2) is 0 Å². The highest BCUT2D eigenvalue weighted by molar-refractivity contribution is 5.84. The van der Waals surface area contributed by atoms with Crippen molar-refractivity contribution in [3.8, 4) is 0 Å². The summed E-state index contributed by atoms with van der Waals surface area (Å²) < 4.78 is 8.97. The van der Waals surface area contributed by atoms with Crippen molar-refractivity contribution >= 4 is 17.8 Å². The Hall–Kier alpha value is -2.49. The Labute approximate surface area is 398 Å². The van der Waals surface area contributed by atoms with Crippen LogP contribution in [0.25, 0.3) is 0 Å². The first-order valence-electron chi connectivity index (χ1n) is 27.2. The van der Waals surface area contributed by atoms with Crippen LogP contribution < -0.4 is 5.32 Å². The van der Waals surface area contributed by atoms with Crippen LogP contribution in [0.4, 0.5) is 0 Å². The Bertz CT molecular complexity index is 2110. The minimum Gasteiger partial charge on any atom is -0.481 e. The molecule has 0 radical (unpaired) electrons. The van der Waals surface area contributed by atoms with E-state index in [9.17, 15) is 14.7 Å². The number of carboxylic acids is 1. The molecular weight excluding hydrogens is 823 g/mol. The quantitative estimate of drug-likeness (QED) is 0.222. The van der Waals surface area contributed by atoms with Gasteiger partial charge in [0.05, 0.1) is 17.3 Å². The molecule has 66 heavy (non-hydrogen) atoms. The van der Waals surface area contributed by atoms with Crippen molar-refractivity contribution in [3.05, 3.63) is 11.6 Å². The number of nitrogens with one attached hydrogen (secondary N) is 1. The highest BCUT2D eigenvalue weighted by Crippen LogP contribution is 2.79. The molecule has 0 aromatic carbocycles. The molecule has 3 unspecified atom stereocenters. The number of hydrogen-bond donors (Lipinski definition) is 2. The summed E-state index contributed by atoms with van der Waals surface area (Å²) in [5.74, 6) is 3.67. The van der Waals surface area contributed by atoms with Gasteiger partial charge in [-0.2, -0.15) is 0 Å². The Morgan fingerprint density at radius 3 is 2.03 bits per heavy atom. The van der Waals surface area contributed by atoms with Gasteiger partial charge in [-0.15, -0.1) is 10.2 Å². The fourth-order valence-corrected chi connectivity index (χ4v) is 19.4. The summed E-state index contributed by atoms with van der Waals surface area (Å²) in [6, 6.07) is 1.49. The fraction of sp³-hybridized carbons (Fsp3) is 0.911. The number of aromatic nitrogens is 3. The highest BCUT2D eigenvalue weighted by Gasteiger charge is 2.74. The third kappa shape index (κ3) is 6.69. The number of esters is 1. The van der Waals surface area contributed by atoms with Gasteiger partial charge in [0, 0.05) is 41.5 Å². The molecule has 10 rings (SSSR count). The second-order valence-electron chi connectivity index (χ2n) is 28.1. The van der Waals surface area contributed by atoms with Crippen LogP contribution >= 0.6 is 0 Å². The van der Waals surface area contributed by atoms with Gasteiger partial charge in [-0.25, -0.2) is 0 Å². The lowest BCUT2D eigenvalue weighted by molar-refractivity contribution is -0.252. The van der Waals surface area contributed by atoms with E-state index in [0.29, 0.717) is 71.4 Å². The maximum absolute atomic E-state index is 15.6. The lowest BCUT2D eigenvalue weighted by Gasteiger charge is -2.73. The maximum Gasteiger partial charge on any atom is 0.309 e. The summed E-state index contributed by atoms with van der Waals surface area (Å²) in [6.07, 6.45) is 18.7. The number of aliphatic carboxylic acids is 1. The standard InChI is InChI=1S/C56H89N5O5/c1-32(2)45-59-58-33(3)61(45)36-28-34-14-15-35(29-36)60(34)31-49(4,5)57-48(65)56-23-18-37(52(10)24-25-52)44(56)38-16-17-42-53(11)21-20-43(66-47(64)40-30-39(46(62)63)50(40,6)7)51(8,9)41(53)19-22-55(42,13)54(38,12)26-27-56/h32,34-44H,14-31H2,1-13H3,(H,57,65)(H,62,63)/t34?,35?,36?,37-,38?,39+,40-,41+,42-,43+,44-,53+,54-,55-,56+/m1/s1. The van der Waals surface area contributed by atoms with E-state index in [1.54, 1.807) is 0 Å². The lowest BCUT2D eigenvalue weighted by Crippen LogP contribution is -2.68. The molecule has 7 saturated carbocycles. The van der Waals surface area contributed by atoms with Crippen LogP contribution in [0.2, 0.25) is 0 Å². The summed E-state index contributed by atoms with van der Waals surface area (Å²) in [7, 11) is 0. The average Bonchev–Trinajstić information content (AvgIpc) is 3.52. The predicted octanol–water partition coefficient (Wildman–Crippen LogP) is 11.3. The van der Waals surface area contributed by atoms with E-state index in [1.807, 2.05) is 13.8 Å². The Balaban J connectivity index is 0.860. The lowest BCUT2D eigenvalue weighted by atomic mass is 9.32. The minimum atomic E-state index is -0.808. The predicted molar refractivity (Wildman–Crippen MR) is 257 cm³/mol. The van der Waals surface area contributed by atoms with Crippen LogP contribution in [-0.4, -0.2) is 72.9 Å². The molecule has 0 spiro atoms. The molecule has 1 amide bonds. The van der Waals surface area contributed by atoms with Gasteiger partial charge in [0.15, 0.2) is 0 Å². The maximum atomic E-state index is 15.6. The van der Waals surface area contributed by atoms with Crippen LogP contribution in [0.1, 0.15) is 216 Å². The molecule has 1 aromatic heterocycles. The van der Waals surface area contributed by atoms with E-state index >= 15 is 4.79 Å². The van der Waals surface area contributed by atoms with Gasteiger partial charge in [-0.05, 0) is 187 Å². The zero-order chi connectivity index (χ0) is 47.5. The second-order valence-corrected chi connectivity index (χ2v) is 28.1. The molecule has 2 aliphatic heterocycles. The minimum absolute atomic E-state index is 0.143. The third-order valence-electron chi connectivity index (χ3n) is 23.5. The molecule has 368 valence electrons. The summed E-state index contributed by atoms with van der Waals surface area (Å²) in [5.41, 5.74) is -0.534. The second kappa shape index (κ2) is 15.3. The van der Waals surface area contributed by atoms with Crippen molar-refractivity contribution in [2.24, 2.45) is 79.3 Å². The van der Waals surface area contributed by atoms with Crippen molar-refractivity contribution in [1.82, 2.24) is 25.0 Å². The molecular formula is C56H89N5O5. The number of carbonyl (C=O) groups is 3. The molecule has 2 N–H and O–H groups in total. The van der Waals surface area contributed by atoms with E-state index < -0.39 is 17.3 Å². The first kappa shape index (κ1) is 47.2. The molecule has 2 saturated heterocycles. The largest absolute Gasteiger partial charge is 0.481 e. The number of aryl methyl sites for hydroxylation is 1. The van der Waals surface area contributed by atoms with Gasteiger partial charge in [0.25, 0.3) is 0 Å². The summed E-state index contributed by atoms with van der Waals surface area (Å²) in [4.78, 5) is 44.0. The topological polar surface area (TPSA) is 127 Å². The number of nitrogens with zero attached hydrogens (tertiary/aromatic N) is 4. The van der Waals surface area contributed by atoms with E-state index in [2.05, 4.69) is 101 Å². The molecule has 14 atom stereocenters. The van der Waals surface area contributed by atoms with Gasteiger partial charge >= 0.3 is 11.9 Å². The van der Waals surface area contributed by atoms with Crippen molar-refractivity contribution in [2.75, 3.05) is 6.54 Å². The number of rotatable bonds is 10. The summed E-state index contributed by atoms with van der Waals surface area (Å²) >= 11 is 0. The monoisotopic (exact) mass is 912 g/mol. The van der Waals surface area contributed by atoms with Crippen molar-refractivity contribution in [3.63, 3.8) is 0 Å². The number of hydrogen-bond acceptors (Lipinski definition) is 7. The van der Waals surface area contributed by atoms with Gasteiger partial charge in [-0.1, -0.05) is 69.2 Å². The van der Waals surface area contributed by atoms with Gasteiger partial charge in [-0.3, -0.25) is 19.3 Å². The third-order valence-corrected chi connectivity index (χ3v) is 23.5. The van der Waals surface area contributed by atoms with E-state index in [4.69, 9.17) is 4.74 Å². The molecule has 10 heteroatoms. The Morgan fingerprint density at radius 2 is 1.41 bits per heavy atom. The zero-order valence-corrected chi connectivity index (χ0v) is 43.5. The van der Waals surface area contributed by atoms with Crippen LogP contribution in [0.5, 0.6) is 0 Å². The first-order chi connectivity index (χ1) is 30.7. The van der Waals surface area contributed by atoms with Gasteiger partial charge in [0.1, 0.15) is 17.8 Å². The Kier molecular flexibility index (Phi) is 10.9. The molecule has 2 bridgehead atoms. The fourth-order valence-electron chi connectivity index (χ4n) is 19.4. The normalized spacial score (nSPS) is 45.2. The number of piperidine rings is 1. The molecule has 10 nitrogen and oxygen atoms in total. The van der Waals surface area contributed by atoms with Crippen LogP contribution in [-0.2, 0) is 19.1 Å². The highest BCUT2D eigenvalue weighted by atomic mass is 16.5. The zero-order valence-electron chi connectivity index (χ0n) is 43.5. The van der Waals surface area contributed by atoms with E-state index in [0.717, 1.165) is 69.6 Å². The molecule has 9 fully saturated rings. The SMILES string of the molecule is Cc1nnc(C(C)C)n1C1CC2CCC(C1)N2CC(C)(C)NC(=O)[C@]12CC[C@@H](C3(C)CC3)[C@@H]1C1CC[C@@H]3[C@@]4(C)CC[C@H](OC(=O)[C@H]5C[C@@H](C(=O)O)C5(C)C)C(C)(C)[C@@H]4CC[C@@]3(C)[C@]1(C)CC2. The number of carbonyl (C=O) groups excluding carboxylic acids is 2. The van der Waals surface area contributed by atoms with Gasteiger partial charge in [0.2, 0.25) is 5.91 Å². The van der Waals surface area contributed by atoms with Crippen molar-refractivity contribution < 1.29 is 24.2 Å². The van der Waals surface area contributed by atoms with E-state index in [-0.39, 0.29) is 50.6 Å². The summed E-state index contributed by atoms with van der Waals surface area (Å²) in [6.45, 7) is 31.3. The molecule has 1 aromatic rings. The Morgan fingerprint density at radius 1 is 0.727 bits per heavy atom. The van der Waals surface area contributed by atoms with Crippen molar-refractivity contribution in [1.29, 1.82) is 0 Å². The molecule has 3 heterocycles. The smallest absolute Gasteiger partial charge is 0.309 e. The average molecular weight is 912 g/mol. The summed E-state index contributed by atoms with van der Waals surface area (Å²) in [5, 5.41) is 22.7. The number of carboxylic acid groups (broad SMARTS) is 1. The number of ether oxygens (including phenoxy) is 1. The number of amides is 1. The number of fused-ring (bicyclic) bond motifs is 9. The van der Waals surface area contributed by atoms with Crippen LogP contribution in [0.3, 0.4) is 0 Å². The van der Waals surface area contributed by atoms with E-state index in [1.165, 1.54) is 51.4 Å². The molecule has 9 aliphatic rings.